The highest BCUT2D eigenvalue weighted by molar-refractivity contribution is 7.13. The summed E-state index contributed by atoms with van der Waals surface area (Å²) < 4.78 is 11.8. The van der Waals surface area contributed by atoms with Crippen LogP contribution in [0, 0.1) is 6.92 Å². The number of esters is 1. The molecule has 134 valence electrons. The highest BCUT2D eigenvalue weighted by Gasteiger charge is 2.12. The number of aromatic nitrogens is 2. The summed E-state index contributed by atoms with van der Waals surface area (Å²) in [6.07, 6.45) is 1.59. The van der Waals surface area contributed by atoms with E-state index in [1.807, 2.05) is 0 Å². The molecule has 1 N–H and O–H groups in total. The van der Waals surface area contributed by atoms with Crippen LogP contribution < -0.4 is 15.5 Å². The molecule has 9 heteroatoms. The molecule has 0 fully saturated rings. The molecular weight excluding hydrogens is 346 g/mol. The SMILES string of the molecule is CCOC(=O)Cc1csc(NC(=O)COc2cn(C)c(C)cc2=O)n1. The largest absolute Gasteiger partial charge is 0.478 e. The summed E-state index contributed by atoms with van der Waals surface area (Å²) in [6.45, 7) is 3.52. The van der Waals surface area contributed by atoms with Crippen molar-refractivity contribution in [3.63, 3.8) is 0 Å². The Morgan fingerprint density at radius 1 is 1.40 bits per heavy atom. The highest BCUT2D eigenvalue weighted by atomic mass is 32.1. The van der Waals surface area contributed by atoms with Crippen molar-refractivity contribution in [2.24, 2.45) is 7.05 Å². The van der Waals surface area contributed by atoms with Gasteiger partial charge in [0.2, 0.25) is 5.43 Å². The van der Waals surface area contributed by atoms with Crippen molar-refractivity contribution in [3.8, 4) is 5.75 Å². The van der Waals surface area contributed by atoms with E-state index in [0.717, 1.165) is 5.69 Å². The number of rotatable bonds is 7. The molecule has 25 heavy (non-hydrogen) atoms. The van der Waals surface area contributed by atoms with Gasteiger partial charge < -0.3 is 14.0 Å². The number of amides is 1. The van der Waals surface area contributed by atoms with Gasteiger partial charge in [0.25, 0.3) is 5.91 Å². The van der Waals surface area contributed by atoms with Crippen LogP contribution in [-0.2, 0) is 27.8 Å². The first kappa shape index (κ1) is 18.7. The average Bonchev–Trinajstić information content (AvgIpc) is 2.96. The number of hydrogen-bond acceptors (Lipinski definition) is 7. The van der Waals surface area contributed by atoms with E-state index in [2.05, 4.69) is 10.3 Å². The minimum absolute atomic E-state index is 0.0517. The van der Waals surface area contributed by atoms with Crippen LogP contribution in [0.15, 0.2) is 22.4 Å². The molecule has 0 saturated carbocycles. The number of aryl methyl sites for hydroxylation is 2. The van der Waals surface area contributed by atoms with Crippen LogP contribution in [0.25, 0.3) is 0 Å². The topological polar surface area (TPSA) is 99.5 Å². The third-order valence-electron chi connectivity index (χ3n) is 3.24. The zero-order valence-electron chi connectivity index (χ0n) is 14.2. The van der Waals surface area contributed by atoms with Gasteiger partial charge in [0.15, 0.2) is 17.5 Å². The fraction of sp³-hybridized carbons (Fsp3) is 0.375. The highest BCUT2D eigenvalue weighted by Crippen LogP contribution is 2.16. The van der Waals surface area contributed by atoms with E-state index in [4.69, 9.17) is 9.47 Å². The maximum Gasteiger partial charge on any atom is 0.311 e. The van der Waals surface area contributed by atoms with E-state index in [1.54, 1.807) is 30.8 Å². The van der Waals surface area contributed by atoms with Gasteiger partial charge >= 0.3 is 5.97 Å². The lowest BCUT2D eigenvalue weighted by Gasteiger charge is -2.08. The van der Waals surface area contributed by atoms with Crippen molar-refractivity contribution in [2.45, 2.75) is 20.3 Å². The van der Waals surface area contributed by atoms with Crippen LogP contribution in [0.5, 0.6) is 5.75 Å². The molecule has 0 atom stereocenters. The number of ether oxygens (including phenoxy) is 2. The van der Waals surface area contributed by atoms with Gasteiger partial charge in [-0.05, 0) is 13.8 Å². The summed E-state index contributed by atoms with van der Waals surface area (Å²) in [6, 6.07) is 1.44. The smallest absolute Gasteiger partial charge is 0.311 e. The Labute approximate surface area is 148 Å². The predicted molar refractivity (Wildman–Crippen MR) is 93.0 cm³/mol. The second-order valence-corrected chi connectivity index (χ2v) is 6.07. The lowest BCUT2D eigenvalue weighted by atomic mass is 10.3. The van der Waals surface area contributed by atoms with Gasteiger partial charge in [-0.3, -0.25) is 19.7 Å². The van der Waals surface area contributed by atoms with Crippen LogP contribution in [0.2, 0.25) is 0 Å². The van der Waals surface area contributed by atoms with Crippen LogP contribution >= 0.6 is 11.3 Å². The molecule has 2 aromatic heterocycles. The van der Waals surface area contributed by atoms with Gasteiger partial charge in [-0.25, -0.2) is 4.98 Å². The number of nitrogens with zero attached hydrogens (tertiary/aromatic N) is 2. The maximum atomic E-state index is 11.9. The van der Waals surface area contributed by atoms with Gasteiger partial charge in [-0.1, -0.05) is 0 Å². The van der Waals surface area contributed by atoms with Crippen molar-refractivity contribution >= 4 is 28.3 Å². The monoisotopic (exact) mass is 365 g/mol. The molecule has 2 aromatic rings. The van der Waals surface area contributed by atoms with Gasteiger partial charge in [-0.15, -0.1) is 11.3 Å². The Morgan fingerprint density at radius 3 is 2.88 bits per heavy atom. The van der Waals surface area contributed by atoms with E-state index in [-0.39, 0.29) is 30.2 Å². The molecule has 0 bridgehead atoms. The molecule has 0 aliphatic rings. The molecule has 0 spiro atoms. The Morgan fingerprint density at radius 2 is 2.16 bits per heavy atom. The number of anilines is 1. The summed E-state index contributed by atoms with van der Waals surface area (Å²) in [7, 11) is 1.78. The number of thiazole rings is 1. The third kappa shape index (κ3) is 5.42. The molecule has 0 saturated heterocycles. The maximum absolute atomic E-state index is 11.9. The first-order valence-electron chi connectivity index (χ1n) is 7.59. The standard InChI is InChI=1S/C16H19N3O5S/c1-4-23-15(22)6-11-9-25-16(17-11)18-14(21)8-24-13-7-19(3)10(2)5-12(13)20/h5,7,9H,4,6,8H2,1-3H3,(H,17,18,21). The van der Waals surface area contributed by atoms with E-state index in [9.17, 15) is 14.4 Å². The van der Waals surface area contributed by atoms with E-state index in [1.165, 1.54) is 23.6 Å². The predicted octanol–water partition coefficient (Wildman–Crippen LogP) is 1.27. The number of pyridine rings is 1. The van der Waals surface area contributed by atoms with E-state index >= 15 is 0 Å². The van der Waals surface area contributed by atoms with E-state index < -0.39 is 5.91 Å². The van der Waals surface area contributed by atoms with Gasteiger partial charge in [-0.2, -0.15) is 0 Å². The van der Waals surface area contributed by atoms with Crippen molar-refractivity contribution in [1.82, 2.24) is 9.55 Å². The molecule has 8 nitrogen and oxygen atoms in total. The van der Waals surface area contributed by atoms with Gasteiger partial charge in [0, 0.05) is 30.4 Å². The first-order valence-corrected chi connectivity index (χ1v) is 8.47. The molecule has 2 rings (SSSR count). The fourth-order valence-corrected chi connectivity index (χ4v) is 2.64. The Kier molecular flexibility index (Phi) is 6.29. The third-order valence-corrected chi connectivity index (χ3v) is 4.04. The van der Waals surface area contributed by atoms with Gasteiger partial charge in [0.1, 0.15) is 0 Å². The molecule has 0 aliphatic carbocycles. The summed E-state index contributed by atoms with van der Waals surface area (Å²) >= 11 is 1.19. The lowest BCUT2D eigenvalue weighted by molar-refractivity contribution is -0.142. The average molecular weight is 365 g/mol. The van der Waals surface area contributed by atoms with Crippen LogP contribution in [0.1, 0.15) is 18.3 Å². The molecule has 0 radical (unpaired) electrons. The van der Waals surface area contributed by atoms with Crippen LogP contribution in [0.3, 0.4) is 0 Å². The second-order valence-electron chi connectivity index (χ2n) is 5.22. The number of carbonyl (C=O) groups excluding carboxylic acids is 2. The van der Waals surface area contributed by atoms with E-state index in [0.29, 0.717) is 17.4 Å². The zero-order valence-corrected chi connectivity index (χ0v) is 15.0. The fourth-order valence-electron chi connectivity index (χ4n) is 1.92. The summed E-state index contributed by atoms with van der Waals surface area (Å²) in [5.41, 5.74) is 1.03. The second kappa shape index (κ2) is 8.43. The van der Waals surface area contributed by atoms with Crippen molar-refractivity contribution < 1.29 is 19.1 Å². The zero-order chi connectivity index (χ0) is 18.4. The van der Waals surface area contributed by atoms with Crippen molar-refractivity contribution in [1.29, 1.82) is 0 Å². The Balaban J connectivity index is 1.89. The van der Waals surface area contributed by atoms with Crippen molar-refractivity contribution in [2.75, 3.05) is 18.5 Å². The molecule has 0 unspecified atom stereocenters. The van der Waals surface area contributed by atoms with Crippen LogP contribution in [-0.4, -0.2) is 34.6 Å². The molecule has 0 aliphatic heterocycles. The minimum atomic E-state index is -0.445. The summed E-state index contributed by atoms with van der Waals surface area (Å²) in [5.74, 6) is -0.714. The Bertz CT molecular complexity index is 827. The molecule has 2 heterocycles. The Hall–Kier alpha value is -2.68. The lowest BCUT2D eigenvalue weighted by Crippen LogP contribution is -2.22. The number of carbonyl (C=O) groups is 2. The quantitative estimate of drug-likeness (QED) is 0.742. The molecule has 0 aromatic carbocycles. The first-order chi connectivity index (χ1) is 11.9. The summed E-state index contributed by atoms with van der Waals surface area (Å²) in [4.78, 5) is 39.2. The molecule has 1 amide bonds. The van der Waals surface area contributed by atoms with Crippen molar-refractivity contribution in [3.05, 3.63) is 39.3 Å². The number of hydrogen-bond donors (Lipinski definition) is 1. The minimum Gasteiger partial charge on any atom is -0.478 e. The van der Waals surface area contributed by atoms with Gasteiger partial charge in [0.05, 0.1) is 18.7 Å². The van der Waals surface area contributed by atoms with Crippen LogP contribution in [0.4, 0.5) is 5.13 Å². The summed E-state index contributed by atoms with van der Waals surface area (Å²) in [5, 5.41) is 4.59. The molecular formula is C16H19N3O5S. The number of nitrogens with one attached hydrogen (secondary N) is 1. The normalized spacial score (nSPS) is 10.4.